The first kappa shape index (κ1) is 23.4. The Labute approximate surface area is 209 Å². The van der Waals surface area contributed by atoms with Gasteiger partial charge >= 0.3 is 0 Å². The third-order valence-corrected chi connectivity index (χ3v) is 5.97. The molecule has 0 aliphatic carbocycles. The van der Waals surface area contributed by atoms with Crippen molar-refractivity contribution in [3.63, 3.8) is 0 Å². The van der Waals surface area contributed by atoms with Gasteiger partial charge in [0, 0.05) is 42.5 Å². The number of nitrogens with one attached hydrogen (secondary N) is 2. The van der Waals surface area contributed by atoms with E-state index in [1.165, 1.54) is 6.08 Å². The Morgan fingerprint density at radius 2 is 2.03 bits per heavy atom. The average Bonchev–Trinajstić information content (AvgIpc) is 2.93. The van der Waals surface area contributed by atoms with Crippen LogP contribution in [0.2, 0.25) is 0 Å². The summed E-state index contributed by atoms with van der Waals surface area (Å²) in [6.07, 6.45) is 4.83. The summed E-state index contributed by atoms with van der Waals surface area (Å²) in [7, 11) is 0. The highest BCUT2D eigenvalue weighted by atomic mass is 16.5. The largest absolute Gasteiger partial charge is 0.373 e. The molecule has 182 valence electrons. The molecular formula is C27H27N7O2. The van der Waals surface area contributed by atoms with Crippen molar-refractivity contribution in [1.29, 1.82) is 0 Å². The lowest BCUT2D eigenvalue weighted by molar-refractivity contribution is -0.111. The van der Waals surface area contributed by atoms with Crippen molar-refractivity contribution < 1.29 is 9.53 Å². The molecule has 3 heterocycles. The van der Waals surface area contributed by atoms with Gasteiger partial charge in [0.2, 0.25) is 11.9 Å². The molecule has 1 amide bonds. The number of nitrogens with zero attached hydrogens (tertiary/aromatic N) is 4. The number of rotatable bonds is 7. The summed E-state index contributed by atoms with van der Waals surface area (Å²) in [4.78, 5) is 27.8. The summed E-state index contributed by atoms with van der Waals surface area (Å²) in [6, 6.07) is 17.5. The maximum atomic E-state index is 11.7. The zero-order chi connectivity index (χ0) is 24.9. The number of anilines is 4. The number of amides is 1. The lowest BCUT2D eigenvalue weighted by atomic mass is 10.0. The molecule has 1 aliphatic rings. The molecule has 4 N–H and O–H groups in total. The Hall–Kier alpha value is -4.34. The van der Waals surface area contributed by atoms with E-state index < -0.39 is 0 Å². The van der Waals surface area contributed by atoms with Gasteiger partial charge in [-0.05, 0) is 35.9 Å². The van der Waals surface area contributed by atoms with Crippen LogP contribution >= 0.6 is 0 Å². The highest BCUT2D eigenvalue weighted by Crippen LogP contribution is 2.30. The molecule has 0 radical (unpaired) electrons. The van der Waals surface area contributed by atoms with Gasteiger partial charge in [-0.3, -0.25) is 4.79 Å². The minimum absolute atomic E-state index is 0.0255. The van der Waals surface area contributed by atoms with Crippen LogP contribution in [0.5, 0.6) is 0 Å². The average molecular weight is 482 g/mol. The smallest absolute Gasteiger partial charge is 0.247 e. The normalized spacial score (nSPS) is 15.5. The molecule has 36 heavy (non-hydrogen) atoms. The minimum atomic E-state index is -0.258. The van der Waals surface area contributed by atoms with E-state index in [-0.39, 0.29) is 12.0 Å². The Morgan fingerprint density at radius 1 is 1.14 bits per heavy atom. The van der Waals surface area contributed by atoms with Crippen LogP contribution in [0.4, 0.5) is 23.1 Å². The van der Waals surface area contributed by atoms with Crippen LogP contribution in [-0.4, -0.2) is 53.2 Å². The second kappa shape index (κ2) is 10.5. The van der Waals surface area contributed by atoms with Gasteiger partial charge in [-0.25, -0.2) is 15.0 Å². The first-order valence-electron chi connectivity index (χ1n) is 11.7. The highest BCUT2D eigenvalue weighted by molar-refractivity contribution is 6.00. The number of pyridine rings is 1. The fraction of sp³-hybridized carbons (Fsp3) is 0.185. The topological polar surface area (TPSA) is 118 Å². The fourth-order valence-electron chi connectivity index (χ4n) is 4.15. The number of carbonyl (C=O) groups is 1. The van der Waals surface area contributed by atoms with Crippen LogP contribution < -0.4 is 21.3 Å². The predicted octanol–water partition coefficient (Wildman–Crippen LogP) is 3.72. The summed E-state index contributed by atoms with van der Waals surface area (Å²) < 4.78 is 5.64. The second-order valence-corrected chi connectivity index (χ2v) is 8.42. The van der Waals surface area contributed by atoms with E-state index in [0.717, 1.165) is 46.6 Å². The molecule has 9 nitrogen and oxygen atoms in total. The minimum Gasteiger partial charge on any atom is -0.373 e. The van der Waals surface area contributed by atoms with E-state index in [9.17, 15) is 4.79 Å². The SMILES string of the molecule is C=CC(=O)Nc1cccc(-c2cccc3cnc(Nc4ccc(N5CCO[C@H](CN)C5)nc4)nc23)c1. The molecule has 2 aromatic carbocycles. The third-order valence-electron chi connectivity index (χ3n) is 5.97. The van der Waals surface area contributed by atoms with E-state index in [1.807, 2.05) is 54.6 Å². The van der Waals surface area contributed by atoms with E-state index >= 15 is 0 Å². The number of para-hydroxylation sites is 1. The van der Waals surface area contributed by atoms with Crippen molar-refractivity contribution in [2.75, 3.05) is 41.8 Å². The molecule has 0 saturated carbocycles. The van der Waals surface area contributed by atoms with Crippen LogP contribution in [0.25, 0.3) is 22.0 Å². The summed E-state index contributed by atoms with van der Waals surface area (Å²) in [5.41, 5.74) is 9.89. The molecular weight excluding hydrogens is 454 g/mol. The molecule has 2 aromatic heterocycles. The van der Waals surface area contributed by atoms with E-state index in [4.69, 9.17) is 15.5 Å². The molecule has 1 atom stereocenters. The highest BCUT2D eigenvalue weighted by Gasteiger charge is 2.20. The zero-order valence-electron chi connectivity index (χ0n) is 19.7. The van der Waals surface area contributed by atoms with Crippen molar-refractivity contribution in [3.05, 3.63) is 79.6 Å². The quantitative estimate of drug-likeness (QED) is 0.342. The number of nitrogens with two attached hydrogens (primary N) is 1. The van der Waals surface area contributed by atoms with E-state index in [1.54, 1.807) is 12.4 Å². The number of hydrogen-bond acceptors (Lipinski definition) is 8. The summed E-state index contributed by atoms with van der Waals surface area (Å²) in [6.45, 7) is 6.15. The van der Waals surface area contributed by atoms with Crippen LogP contribution in [0.3, 0.4) is 0 Å². The number of fused-ring (bicyclic) bond motifs is 1. The molecule has 1 fully saturated rings. The van der Waals surface area contributed by atoms with Gasteiger partial charge in [-0.1, -0.05) is 36.9 Å². The van der Waals surface area contributed by atoms with Crippen LogP contribution in [-0.2, 0) is 9.53 Å². The Kier molecular flexibility index (Phi) is 6.83. The van der Waals surface area contributed by atoms with Crippen molar-refractivity contribution in [2.24, 2.45) is 5.73 Å². The van der Waals surface area contributed by atoms with Crippen molar-refractivity contribution in [3.8, 4) is 11.1 Å². The molecule has 0 unspecified atom stereocenters. The van der Waals surface area contributed by atoms with Crippen molar-refractivity contribution in [2.45, 2.75) is 6.10 Å². The third kappa shape index (κ3) is 5.17. The first-order valence-corrected chi connectivity index (χ1v) is 11.7. The molecule has 9 heteroatoms. The maximum Gasteiger partial charge on any atom is 0.247 e. The van der Waals surface area contributed by atoms with Gasteiger partial charge in [0.25, 0.3) is 0 Å². The Morgan fingerprint density at radius 3 is 2.83 bits per heavy atom. The van der Waals surface area contributed by atoms with Crippen LogP contribution in [0.15, 0.2) is 79.6 Å². The molecule has 4 aromatic rings. The van der Waals surface area contributed by atoms with Gasteiger partial charge in [0.05, 0.1) is 30.1 Å². The van der Waals surface area contributed by atoms with Gasteiger partial charge in [-0.2, -0.15) is 0 Å². The standard InChI is InChI=1S/C27H27N7O2/c1-2-25(35)31-20-7-3-5-18(13-20)23-8-4-6-19-15-30-27(33-26(19)23)32-21-9-10-24(29-16-21)34-11-12-36-22(14-28)17-34/h2-10,13,15-16,22H,1,11-12,14,17,28H2,(H,31,35)(H,30,32,33)/t22-/m1/s1. The predicted molar refractivity (Wildman–Crippen MR) is 142 cm³/mol. The molecule has 1 saturated heterocycles. The van der Waals surface area contributed by atoms with Crippen molar-refractivity contribution in [1.82, 2.24) is 15.0 Å². The van der Waals surface area contributed by atoms with Gasteiger partial charge in [0.15, 0.2) is 0 Å². The maximum absolute atomic E-state index is 11.7. The Balaban J connectivity index is 1.38. The van der Waals surface area contributed by atoms with Gasteiger partial charge in [-0.15, -0.1) is 0 Å². The van der Waals surface area contributed by atoms with Crippen LogP contribution in [0.1, 0.15) is 0 Å². The van der Waals surface area contributed by atoms with E-state index in [2.05, 4.69) is 32.1 Å². The molecule has 0 bridgehead atoms. The summed E-state index contributed by atoms with van der Waals surface area (Å²) >= 11 is 0. The van der Waals surface area contributed by atoms with Gasteiger partial charge < -0.3 is 26.0 Å². The summed E-state index contributed by atoms with van der Waals surface area (Å²) in [5.74, 6) is 1.09. The number of morpholine rings is 1. The number of hydrogen-bond donors (Lipinski definition) is 3. The van der Waals surface area contributed by atoms with Crippen LogP contribution in [0, 0.1) is 0 Å². The lowest BCUT2D eigenvalue weighted by Gasteiger charge is -2.33. The molecule has 1 aliphatic heterocycles. The monoisotopic (exact) mass is 481 g/mol. The summed E-state index contributed by atoms with van der Waals surface area (Å²) in [5, 5.41) is 6.97. The number of aromatic nitrogens is 3. The van der Waals surface area contributed by atoms with Crippen molar-refractivity contribution >= 4 is 40.0 Å². The fourth-order valence-corrected chi connectivity index (χ4v) is 4.15. The lowest BCUT2D eigenvalue weighted by Crippen LogP contribution is -2.46. The number of benzene rings is 2. The second-order valence-electron chi connectivity index (χ2n) is 8.42. The molecule has 0 spiro atoms. The molecule has 5 rings (SSSR count). The number of ether oxygens (including phenoxy) is 1. The Bertz CT molecular complexity index is 1390. The van der Waals surface area contributed by atoms with Gasteiger partial charge in [0.1, 0.15) is 5.82 Å². The first-order chi connectivity index (χ1) is 17.6. The van der Waals surface area contributed by atoms with E-state index in [0.29, 0.717) is 24.8 Å². The number of carbonyl (C=O) groups excluding carboxylic acids is 1. The zero-order valence-corrected chi connectivity index (χ0v) is 19.7.